The number of hydrogen-bond acceptors (Lipinski definition) is 4. The number of rotatable bonds is 5. The average molecular weight is 470 g/mol. The summed E-state index contributed by atoms with van der Waals surface area (Å²) in [4.78, 5) is 12.7. The highest BCUT2D eigenvalue weighted by atomic mass is 35.5. The number of hydrogen-bond donors (Lipinski definition) is 2. The second-order valence-electron chi connectivity index (χ2n) is 6.14. The highest BCUT2D eigenvalue weighted by Crippen LogP contribution is 2.46. The molecule has 0 aliphatic rings. The summed E-state index contributed by atoms with van der Waals surface area (Å²) in [6.45, 7) is 3.09. The molecule has 0 aliphatic heterocycles. The van der Waals surface area contributed by atoms with Crippen LogP contribution in [-0.2, 0) is 6.42 Å². The Labute approximate surface area is 176 Å². The number of thiophene rings is 1. The van der Waals surface area contributed by atoms with Crippen molar-refractivity contribution in [1.29, 1.82) is 5.26 Å². The first-order chi connectivity index (χ1) is 13.8. The normalized spacial score (nSPS) is 12.4. The SMILES string of the molecule is CCc1c(C)sc(NC(NC(=O)c2ccc(Cl)cc2)(C(F)(F)F)C(F)(F)F)c1C#N. The first-order valence-electron chi connectivity index (χ1n) is 8.29. The third kappa shape index (κ3) is 4.34. The van der Waals surface area contributed by atoms with Crippen molar-refractivity contribution in [2.24, 2.45) is 0 Å². The quantitative estimate of drug-likeness (QED) is 0.429. The van der Waals surface area contributed by atoms with Gasteiger partial charge in [-0.15, -0.1) is 11.3 Å². The van der Waals surface area contributed by atoms with Crippen molar-refractivity contribution in [3.63, 3.8) is 0 Å². The van der Waals surface area contributed by atoms with Gasteiger partial charge >= 0.3 is 18.0 Å². The molecule has 162 valence electrons. The van der Waals surface area contributed by atoms with Crippen molar-refractivity contribution in [2.45, 2.75) is 38.3 Å². The van der Waals surface area contributed by atoms with Gasteiger partial charge in [0, 0.05) is 15.5 Å². The molecular formula is C18H14ClF6N3OS. The lowest BCUT2D eigenvalue weighted by molar-refractivity contribution is -0.293. The summed E-state index contributed by atoms with van der Waals surface area (Å²) in [5.74, 6) is -1.63. The van der Waals surface area contributed by atoms with Crippen LogP contribution in [0.3, 0.4) is 0 Å². The van der Waals surface area contributed by atoms with Crippen LogP contribution in [0.25, 0.3) is 0 Å². The van der Waals surface area contributed by atoms with Gasteiger partial charge in [-0.25, -0.2) is 0 Å². The molecule has 1 heterocycles. The summed E-state index contributed by atoms with van der Waals surface area (Å²) < 4.78 is 83.0. The molecule has 0 atom stereocenters. The Balaban J connectivity index is 2.62. The molecule has 0 radical (unpaired) electrons. The molecule has 0 spiro atoms. The molecule has 0 saturated heterocycles. The molecule has 1 aromatic carbocycles. The summed E-state index contributed by atoms with van der Waals surface area (Å²) in [5.41, 5.74) is -5.30. The molecular weight excluding hydrogens is 456 g/mol. The van der Waals surface area contributed by atoms with Crippen LogP contribution in [0.15, 0.2) is 24.3 Å². The van der Waals surface area contributed by atoms with E-state index in [2.05, 4.69) is 0 Å². The van der Waals surface area contributed by atoms with Gasteiger partial charge in [-0.3, -0.25) is 4.79 Å². The van der Waals surface area contributed by atoms with Crippen molar-refractivity contribution >= 4 is 33.8 Å². The predicted molar refractivity (Wildman–Crippen MR) is 101 cm³/mol. The van der Waals surface area contributed by atoms with Crippen LogP contribution >= 0.6 is 22.9 Å². The minimum Gasteiger partial charge on any atom is -0.338 e. The number of nitriles is 1. The first kappa shape index (κ1) is 23.8. The maximum atomic E-state index is 13.8. The number of carbonyl (C=O) groups excluding carboxylic acids is 1. The lowest BCUT2D eigenvalue weighted by atomic mass is 10.1. The minimum absolute atomic E-state index is 0.141. The standard InChI is InChI=1S/C18H14ClF6N3OS/c1-3-12-9(2)30-15(13(12)8-26)28-16(17(20,21)22,18(23,24)25)27-14(29)10-4-6-11(19)7-5-10/h4-7,28H,3H2,1-2H3,(H,27,29). The van der Waals surface area contributed by atoms with Crippen LogP contribution in [0.2, 0.25) is 5.02 Å². The van der Waals surface area contributed by atoms with E-state index in [0.717, 1.165) is 29.6 Å². The zero-order chi connectivity index (χ0) is 22.9. The molecule has 0 saturated carbocycles. The fourth-order valence-corrected chi connectivity index (χ4v) is 3.98. The number of nitrogens with zero attached hydrogens (tertiary/aromatic N) is 1. The highest BCUT2D eigenvalue weighted by molar-refractivity contribution is 7.16. The molecule has 0 aliphatic carbocycles. The molecule has 4 nitrogen and oxygen atoms in total. The van der Waals surface area contributed by atoms with Gasteiger partial charge in [0.05, 0.1) is 5.56 Å². The molecule has 2 rings (SSSR count). The van der Waals surface area contributed by atoms with Crippen LogP contribution in [0, 0.1) is 18.3 Å². The minimum atomic E-state index is -6.00. The van der Waals surface area contributed by atoms with E-state index in [4.69, 9.17) is 11.6 Å². The van der Waals surface area contributed by atoms with Crippen molar-refractivity contribution < 1.29 is 31.1 Å². The number of halogens is 7. The summed E-state index contributed by atoms with van der Waals surface area (Å²) >= 11 is 6.20. The lowest BCUT2D eigenvalue weighted by Crippen LogP contribution is -2.72. The Hall–Kier alpha value is -2.45. The first-order valence-corrected chi connectivity index (χ1v) is 9.49. The average Bonchev–Trinajstić information content (AvgIpc) is 2.93. The Kier molecular flexibility index (Phi) is 6.63. The van der Waals surface area contributed by atoms with Gasteiger partial charge in [0.15, 0.2) is 0 Å². The number of anilines is 1. The largest absolute Gasteiger partial charge is 0.439 e. The van der Waals surface area contributed by atoms with Gasteiger partial charge in [-0.05, 0) is 43.2 Å². The van der Waals surface area contributed by atoms with Crippen LogP contribution in [0.5, 0.6) is 0 Å². The molecule has 1 amide bonds. The van der Waals surface area contributed by atoms with E-state index >= 15 is 0 Å². The molecule has 0 fully saturated rings. The van der Waals surface area contributed by atoms with E-state index in [9.17, 15) is 36.4 Å². The summed E-state index contributed by atoms with van der Waals surface area (Å²) in [7, 11) is 0. The molecule has 0 bridgehead atoms. The monoisotopic (exact) mass is 469 g/mol. The summed E-state index contributed by atoms with van der Waals surface area (Å²) in [6, 6.07) is 5.91. The Morgan fingerprint density at radius 3 is 2.10 bits per heavy atom. The second kappa shape index (κ2) is 8.35. The van der Waals surface area contributed by atoms with Gasteiger partial charge in [0.2, 0.25) is 0 Å². The zero-order valence-corrected chi connectivity index (χ0v) is 17.0. The lowest BCUT2D eigenvalue weighted by Gasteiger charge is -2.38. The molecule has 1 aromatic heterocycles. The molecule has 12 heteroatoms. The molecule has 0 unspecified atom stereocenters. The van der Waals surface area contributed by atoms with E-state index in [0.29, 0.717) is 21.8 Å². The van der Waals surface area contributed by atoms with Crippen LogP contribution in [-0.4, -0.2) is 23.9 Å². The Bertz CT molecular complexity index is 962. The van der Waals surface area contributed by atoms with Crippen LogP contribution in [0.1, 0.15) is 33.3 Å². The van der Waals surface area contributed by atoms with Gasteiger partial charge < -0.3 is 10.6 Å². The fourth-order valence-electron chi connectivity index (χ4n) is 2.70. The number of aryl methyl sites for hydroxylation is 1. The maximum Gasteiger partial charge on any atom is 0.439 e. The van der Waals surface area contributed by atoms with E-state index < -0.39 is 34.5 Å². The van der Waals surface area contributed by atoms with Gasteiger partial charge in [0.1, 0.15) is 11.1 Å². The van der Waals surface area contributed by atoms with E-state index in [1.54, 1.807) is 13.0 Å². The number of nitrogens with one attached hydrogen (secondary N) is 2. The summed E-state index contributed by atoms with van der Waals surface area (Å²) in [5, 5.41) is 11.2. The molecule has 30 heavy (non-hydrogen) atoms. The number of carbonyl (C=O) groups is 1. The van der Waals surface area contributed by atoms with E-state index in [-0.39, 0.29) is 17.0 Å². The van der Waals surface area contributed by atoms with Crippen LogP contribution in [0.4, 0.5) is 31.3 Å². The van der Waals surface area contributed by atoms with Crippen molar-refractivity contribution in [1.82, 2.24) is 5.32 Å². The van der Waals surface area contributed by atoms with Gasteiger partial charge in [-0.2, -0.15) is 31.6 Å². The smallest absolute Gasteiger partial charge is 0.338 e. The number of alkyl halides is 6. The number of amides is 1. The van der Waals surface area contributed by atoms with Crippen molar-refractivity contribution in [3.8, 4) is 6.07 Å². The number of benzene rings is 1. The molecule has 2 aromatic rings. The third-order valence-electron chi connectivity index (χ3n) is 4.23. The van der Waals surface area contributed by atoms with Crippen molar-refractivity contribution in [2.75, 3.05) is 5.32 Å². The van der Waals surface area contributed by atoms with E-state index in [1.165, 1.54) is 12.2 Å². The Morgan fingerprint density at radius 1 is 1.13 bits per heavy atom. The second-order valence-corrected chi connectivity index (χ2v) is 7.80. The fraction of sp³-hybridized carbons (Fsp3) is 0.333. The maximum absolute atomic E-state index is 13.8. The topological polar surface area (TPSA) is 64.9 Å². The van der Waals surface area contributed by atoms with Crippen LogP contribution < -0.4 is 10.6 Å². The molecule has 2 N–H and O–H groups in total. The predicted octanol–water partition coefficient (Wildman–Crippen LogP) is 5.81. The third-order valence-corrected chi connectivity index (χ3v) is 5.55. The Morgan fingerprint density at radius 2 is 1.67 bits per heavy atom. The van der Waals surface area contributed by atoms with Gasteiger partial charge in [-0.1, -0.05) is 18.5 Å². The highest BCUT2D eigenvalue weighted by Gasteiger charge is 2.73. The van der Waals surface area contributed by atoms with E-state index in [1.807, 2.05) is 0 Å². The summed E-state index contributed by atoms with van der Waals surface area (Å²) in [6.07, 6.45) is -11.8. The zero-order valence-electron chi connectivity index (χ0n) is 15.4. The van der Waals surface area contributed by atoms with Gasteiger partial charge in [0.25, 0.3) is 5.91 Å². The van der Waals surface area contributed by atoms with Crippen molar-refractivity contribution in [3.05, 3.63) is 50.9 Å².